The van der Waals surface area contributed by atoms with Gasteiger partial charge in [-0.3, -0.25) is 0 Å². The van der Waals surface area contributed by atoms with Gasteiger partial charge in [-0.15, -0.1) is 0 Å². The van der Waals surface area contributed by atoms with Crippen molar-refractivity contribution in [1.82, 2.24) is 10.2 Å². The minimum Gasteiger partial charge on any atom is -0.309 e. The fourth-order valence-electron chi connectivity index (χ4n) is 1.68. The zero-order valence-electron chi connectivity index (χ0n) is 10.9. The molecule has 102 valence electrons. The van der Waals surface area contributed by atoms with Crippen LogP contribution in [0.1, 0.15) is 19.4 Å². The number of hydrogen-bond donors (Lipinski definition) is 1. The molecule has 0 aliphatic rings. The number of hydrogen-bond acceptors (Lipinski definition) is 2. The van der Waals surface area contributed by atoms with E-state index < -0.39 is 17.5 Å². The predicted molar refractivity (Wildman–Crippen MR) is 65.8 cm³/mol. The lowest BCUT2D eigenvalue weighted by molar-refractivity contribution is 0.308. The Kier molecular flexibility index (Phi) is 5.62. The second-order valence-electron chi connectivity index (χ2n) is 4.48. The quantitative estimate of drug-likeness (QED) is 0.845. The predicted octanol–water partition coefficient (Wildman–Crippen LogP) is 2.53. The third-order valence-corrected chi connectivity index (χ3v) is 2.86. The number of benzene rings is 1. The molecule has 1 N–H and O–H groups in total. The molecule has 0 fully saturated rings. The summed E-state index contributed by atoms with van der Waals surface area (Å²) in [6.07, 6.45) is 0. The normalized spacial score (nSPS) is 13.1. The molecule has 0 aliphatic heterocycles. The van der Waals surface area contributed by atoms with E-state index in [1.807, 2.05) is 20.9 Å². The van der Waals surface area contributed by atoms with Crippen LogP contribution in [0.3, 0.4) is 0 Å². The fraction of sp³-hybridized carbons (Fsp3) is 0.538. The second kappa shape index (κ2) is 6.75. The van der Waals surface area contributed by atoms with Crippen LogP contribution in [0.4, 0.5) is 13.2 Å². The van der Waals surface area contributed by atoms with Crippen LogP contribution >= 0.6 is 0 Å². The third-order valence-electron chi connectivity index (χ3n) is 2.86. The van der Waals surface area contributed by atoms with Gasteiger partial charge in [0.15, 0.2) is 0 Å². The lowest BCUT2D eigenvalue weighted by atomic mass is 10.1. The van der Waals surface area contributed by atoms with Gasteiger partial charge in [0, 0.05) is 36.8 Å². The summed E-state index contributed by atoms with van der Waals surface area (Å²) >= 11 is 0. The summed E-state index contributed by atoms with van der Waals surface area (Å²) in [6, 6.07) is 1.49. The standard InChI is InChI=1S/C13H19F3N2/c1-4-18(3)8-9(2)17-7-11-12(15)5-10(14)6-13(11)16/h5-6,9,17H,4,7-8H2,1-3H3. The number of nitrogens with zero attached hydrogens (tertiary/aromatic N) is 1. The minimum atomic E-state index is -0.896. The molecule has 0 aromatic heterocycles. The number of halogens is 3. The molecular formula is C13H19F3N2. The molecule has 0 spiro atoms. The molecule has 0 heterocycles. The Bertz CT molecular complexity index is 373. The first kappa shape index (κ1) is 15.0. The van der Waals surface area contributed by atoms with Crippen LogP contribution in [0.25, 0.3) is 0 Å². The maximum absolute atomic E-state index is 13.4. The maximum Gasteiger partial charge on any atom is 0.133 e. The first-order valence-corrected chi connectivity index (χ1v) is 5.99. The Hall–Kier alpha value is -1.07. The molecular weight excluding hydrogens is 241 g/mol. The van der Waals surface area contributed by atoms with E-state index in [0.717, 1.165) is 13.1 Å². The molecule has 0 amide bonds. The molecule has 1 atom stereocenters. The van der Waals surface area contributed by atoms with E-state index in [4.69, 9.17) is 0 Å². The molecule has 0 saturated carbocycles. The van der Waals surface area contributed by atoms with Crippen LogP contribution in [0.5, 0.6) is 0 Å². The second-order valence-corrected chi connectivity index (χ2v) is 4.48. The van der Waals surface area contributed by atoms with E-state index >= 15 is 0 Å². The van der Waals surface area contributed by atoms with Crippen LogP contribution in [0, 0.1) is 17.5 Å². The highest BCUT2D eigenvalue weighted by Gasteiger charge is 2.12. The summed E-state index contributed by atoms with van der Waals surface area (Å²) in [7, 11) is 1.97. The van der Waals surface area contributed by atoms with Crippen molar-refractivity contribution in [3.05, 3.63) is 35.1 Å². The van der Waals surface area contributed by atoms with Crippen molar-refractivity contribution in [2.24, 2.45) is 0 Å². The topological polar surface area (TPSA) is 15.3 Å². The molecule has 1 aromatic carbocycles. The van der Waals surface area contributed by atoms with E-state index in [1.165, 1.54) is 0 Å². The molecule has 2 nitrogen and oxygen atoms in total. The van der Waals surface area contributed by atoms with Crippen molar-refractivity contribution >= 4 is 0 Å². The Morgan fingerprint density at radius 2 is 1.78 bits per heavy atom. The molecule has 1 aromatic rings. The molecule has 0 radical (unpaired) electrons. The van der Waals surface area contributed by atoms with E-state index in [0.29, 0.717) is 12.1 Å². The van der Waals surface area contributed by atoms with Crippen LogP contribution in [0.2, 0.25) is 0 Å². The Morgan fingerprint density at radius 3 is 2.28 bits per heavy atom. The van der Waals surface area contributed by atoms with Crippen LogP contribution in [-0.2, 0) is 6.54 Å². The van der Waals surface area contributed by atoms with Crippen molar-refractivity contribution in [2.45, 2.75) is 26.4 Å². The summed E-state index contributed by atoms with van der Waals surface area (Å²) in [4.78, 5) is 2.09. The molecule has 1 rings (SSSR count). The van der Waals surface area contributed by atoms with E-state index in [1.54, 1.807) is 0 Å². The SMILES string of the molecule is CCN(C)CC(C)NCc1c(F)cc(F)cc1F. The van der Waals surface area contributed by atoms with E-state index in [9.17, 15) is 13.2 Å². The molecule has 18 heavy (non-hydrogen) atoms. The first-order valence-electron chi connectivity index (χ1n) is 5.99. The Balaban J connectivity index is 2.58. The number of likely N-dealkylation sites (N-methyl/N-ethyl adjacent to an activating group) is 1. The molecule has 0 bridgehead atoms. The van der Waals surface area contributed by atoms with Gasteiger partial charge in [0.2, 0.25) is 0 Å². The highest BCUT2D eigenvalue weighted by molar-refractivity contribution is 5.20. The summed E-state index contributed by atoms with van der Waals surface area (Å²) in [5, 5.41) is 3.02. The zero-order chi connectivity index (χ0) is 13.7. The Labute approximate surface area is 106 Å². The summed E-state index contributed by atoms with van der Waals surface area (Å²) < 4.78 is 39.4. The lowest BCUT2D eigenvalue weighted by Gasteiger charge is -2.21. The van der Waals surface area contributed by atoms with Crippen LogP contribution in [0.15, 0.2) is 12.1 Å². The van der Waals surface area contributed by atoms with Gasteiger partial charge in [-0.05, 0) is 20.5 Å². The van der Waals surface area contributed by atoms with Gasteiger partial charge in [-0.25, -0.2) is 13.2 Å². The number of nitrogens with one attached hydrogen (secondary N) is 1. The van der Waals surface area contributed by atoms with Gasteiger partial charge >= 0.3 is 0 Å². The first-order chi connectivity index (χ1) is 8.43. The van der Waals surface area contributed by atoms with Crippen molar-refractivity contribution in [1.29, 1.82) is 0 Å². The summed E-state index contributed by atoms with van der Waals surface area (Å²) in [5.41, 5.74) is -0.123. The van der Waals surface area contributed by atoms with Gasteiger partial charge in [0.05, 0.1) is 0 Å². The van der Waals surface area contributed by atoms with Crippen molar-refractivity contribution in [3.63, 3.8) is 0 Å². The highest BCUT2D eigenvalue weighted by atomic mass is 19.1. The van der Waals surface area contributed by atoms with Gasteiger partial charge in [0.1, 0.15) is 17.5 Å². The fourth-order valence-corrected chi connectivity index (χ4v) is 1.68. The lowest BCUT2D eigenvalue weighted by Crippen LogP contribution is -2.37. The van der Waals surface area contributed by atoms with Gasteiger partial charge in [-0.1, -0.05) is 6.92 Å². The van der Waals surface area contributed by atoms with E-state index in [2.05, 4.69) is 10.2 Å². The summed E-state index contributed by atoms with van der Waals surface area (Å²) in [5.74, 6) is -2.60. The van der Waals surface area contributed by atoms with Gasteiger partial charge in [0.25, 0.3) is 0 Å². The largest absolute Gasteiger partial charge is 0.309 e. The molecule has 5 heteroatoms. The van der Waals surface area contributed by atoms with Crippen molar-refractivity contribution in [3.8, 4) is 0 Å². The third kappa shape index (κ3) is 4.31. The van der Waals surface area contributed by atoms with E-state index in [-0.39, 0.29) is 18.2 Å². The summed E-state index contributed by atoms with van der Waals surface area (Å²) in [6.45, 7) is 5.71. The maximum atomic E-state index is 13.4. The average Bonchev–Trinajstić information content (AvgIpc) is 2.27. The van der Waals surface area contributed by atoms with Crippen LogP contribution < -0.4 is 5.32 Å². The zero-order valence-corrected chi connectivity index (χ0v) is 10.9. The highest BCUT2D eigenvalue weighted by Crippen LogP contribution is 2.14. The molecule has 1 unspecified atom stereocenters. The van der Waals surface area contributed by atoms with Crippen molar-refractivity contribution in [2.75, 3.05) is 20.1 Å². The molecule has 0 aliphatic carbocycles. The minimum absolute atomic E-state index is 0.0522. The molecule has 0 saturated heterocycles. The van der Waals surface area contributed by atoms with Gasteiger partial charge in [-0.2, -0.15) is 0 Å². The smallest absolute Gasteiger partial charge is 0.133 e. The average molecular weight is 260 g/mol. The Morgan fingerprint density at radius 1 is 1.22 bits per heavy atom. The number of rotatable bonds is 6. The van der Waals surface area contributed by atoms with Crippen LogP contribution in [-0.4, -0.2) is 31.1 Å². The van der Waals surface area contributed by atoms with Gasteiger partial charge < -0.3 is 10.2 Å². The monoisotopic (exact) mass is 260 g/mol. The van der Waals surface area contributed by atoms with Crippen molar-refractivity contribution < 1.29 is 13.2 Å².